The smallest absolute Gasteiger partial charge is 0.309 e. The molecule has 0 amide bonds. The molecule has 0 radical (unpaired) electrons. The third-order valence-corrected chi connectivity index (χ3v) is 7.32. The van der Waals surface area contributed by atoms with Crippen molar-refractivity contribution in [1.82, 2.24) is 0 Å². The van der Waals surface area contributed by atoms with Crippen molar-refractivity contribution in [2.75, 3.05) is 0 Å². The van der Waals surface area contributed by atoms with E-state index in [-0.39, 0.29) is 10.8 Å². The second-order valence-electron chi connectivity index (χ2n) is 8.75. The average Bonchev–Trinajstić information content (AvgIpc) is 2.46. The summed E-state index contributed by atoms with van der Waals surface area (Å²) in [4.78, 5) is 11.9. The monoisotopic (exact) mass is 302 g/mol. The Labute approximate surface area is 134 Å². The highest BCUT2D eigenvalue weighted by molar-refractivity contribution is 5.75. The number of fused-ring (bicyclic) bond motifs is 3. The number of hydrogen-bond acceptors (Lipinski definition) is 1. The van der Waals surface area contributed by atoms with Gasteiger partial charge in [-0.1, -0.05) is 38.0 Å². The summed E-state index contributed by atoms with van der Waals surface area (Å²) in [6.45, 7) is 10.7. The number of hydrogen-bond donors (Lipinski definition) is 1. The van der Waals surface area contributed by atoms with E-state index in [0.717, 1.165) is 38.5 Å². The normalized spacial score (nSPS) is 47.9. The molecule has 2 nitrogen and oxygen atoms in total. The van der Waals surface area contributed by atoms with Crippen LogP contribution in [0.5, 0.6) is 0 Å². The summed E-state index contributed by atoms with van der Waals surface area (Å²) in [7, 11) is 0. The molecule has 0 spiro atoms. The number of aliphatic carboxylic acids is 1. The van der Waals surface area contributed by atoms with Crippen LogP contribution in [0.25, 0.3) is 0 Å². The van der Waals surface area contributed by atoms with E-state index < -0.39 is 11.4 Å². The summed E-state index contributed by atoms with van der Waals surface area (Å²) in [5.74, 6) is 0.338. The number of carboxylic acids is 1. The SMILES string of the molecule is C=C[C@]1(C)CC=C2[C@@H](CC[C@@H]3[C@@]2(C)CCC[C@]3(C)C(=O)O)C1. The van der Waals surface area contributed by atoms with Crippen molar-refractivity contribution in [3.05, 3.63) is 24.3 Å². The highest BCUT2D eigenvalue weighted by atomic mass is 16.4. The predicted molar refractivity (Wildman–Crippen MR) is 89.5 cm³/mol. The molecular weight excluding hydrogens is 272 g/mol. The van der Waals surface area contributed by atoms with Gasteiger partial charge < -0.3 is 5.11 Å². The Morgan fingerprint density at radius 2 is 2.05 bits per heavy atom. The van der Waals surface area contributed by atoms with E-state index in [9.17, 15) is 9.90 Å². The fourth-order valence-corrected chi connectivity index (χ4v) is 5.87. The van der Waals surface area contributed by atoms with Gasteiger partial charge in [0.05, 0.1) is 5.41 Å². The van der Waals surface area contributed by atoms with Crippen LogP contribution < -0.4 is 0 Å². The van der Waals surface area contributed by atoms with Gasteiger partial charge in [0.25, 0.3) is 0 Å². The molecule has 0 aliphatic heterocycles. The van der Waals surface area contributed by atoms with Crippen molar-refractivity contribution in [3.63, 3.8) is 0 Å². The second kappa shape index (κ2) is 4.97. The molecule has 2 heteroatoms. The van der Waals surface area contributed by atoms with E-state index >= 15 is 0 Å². The van der Waals surface area contributed by atoms with Crippen LogP contribution in [-0.2, 0) is 4.79 Å². The summed E-state index contributed by atoms with van der Waals surface area (Å²) in [5.41, 5.74) is 1.35. The molecule has 0 aromatic rings. The first-order valence-corrected chi connectivity index (χ1v) is 8.83. The molecule has 2 fully saturated rings. The zero-order chi connectivity index (χ0) is 16.2. The fraction of sp³-hybridized carbons (Fsp3) is 0.750. The lowest BCUT2D eigenvalue weighted by molar-refractivity contribution is -0.160. The second-order valence-corrected chi connectivity index (χ2v) is 8.75. The van der Waals surface area contributed by atoms with Crippen LogP contribution in [0, 0.1) is 28.1 Å². The molecule has 2 saturated carbocycles. The van der Waals surface area contributed by atoms with Crippen molar-refractivity contribution in [1.29, 1.82) is 0 Å². The van der Waals surface area contributed by atoms with Crippen molar-refractivity contribution < 1.29 is 9.90 Å². The lowest BCUT2D eigenvalue weighted by Gasteiger charge is -2.58. The minimum atomic E-state index is -0.589. The van der Waals surface area contributed by atoms with Crippen LogP contribution in [0.15, 0.2) is 24.3 Å². The quantitative estimate of drug-likeness (QED) is 0.711. The molecule has 0 bridgehead atoms. The van der Waals surface area contributed by atoms with Gasteiger partial charge in [-0.3, -0.25) is 4.79 Å². The van der Waals surface area contributed by atoms with Crippen LogP contribution in [0.2, 0.25) is 0 Å². The van der Waals surface area contributed by atoms with Crippen LogP contribution >= 0.6 is 0 Å². The Morgan fingerprint density at radius 3 is 2.68 bits per heavy atom. The molecule has 3 rings (SSSR count). The maximum Gasteiger partial charge on any atom is 0.309 e. The van der Waals surface area contributed by atoms with Crippen molar-refractivity contribution in [2.45, 2.75) is 65.7 Å². The van der Waals surface area contributed by atoms with Gasteiger partial charge in [-0.15, -0.1) is 6.58 Å². The number of carboxylic acid groups (broad SMARTS) is 1. The van der Waals surface area contributed by atoms with E-state index in [2.05, 4.69) is 32.6 Å². The summed E-state index contributed by atoms with van der Waals surface area (Å²) in [6.07, 6.45) is 12.1. The summed E-state index contributed by atoms with van der Waals surface area (Å²) in [6, 6.07) is 0. The molecule has 122 valence electrons. The van der Waals surface area contributed by atoms with Crippen LogP contribution in [0.1, 0.15) is 65.7 Å². The zero-order valence-corrected chi connectivity index (χ0v) is 14.3. The summed E-state index contributed by atoms with van der Waals surface area (Å²) in [5, 5.41) is 9.84. The highest BCUT2D eigenvalue weighted by Crippen LogP contribution is 2.63. The van der Waals surface area contributed by atoms with Gasteiger partial charge in [0.1, 0.15) is 0 Å². The third-order valence-electron chi connectivity index (χ3n) is 7.32. The average molecular weight is 302 g/mol. The first-order chi connectivity index (χ1) is 10.3. The Hall–Kier alpha value is -1.05. The van der Waals surface area contributed by atoms with Crippen LogP contribution in [0.4, 0.5) is 0 Å². The Kier molecular flexibility index (Phi) is 3.58. The maximum atomic E-state index is 11.9. The molecule has 0 saturated heterocycles. The Balaban J connectivity index is 1.99. The first kappa shape index (κ1) is 15.8. The first-order valence-electron chi connectivity index (χ1n) is 8.83. The van der Waals surface area contributed by atoms with Gasteiger partial charge in [-0.25, -0.2) is 0 Å². The Bertz CT molecular complexity index is 534. The van der Waals surface area contributed by atoms with Gasteiger partial charge >= 0.3 is 5.97 Å². The largest absolute Gasteiger partial charge is 0.481 e. The molecule has 0 heterocycles. The summed E-state index contributed by atoms with van der Waals surface area (Å²) < 4.78 is 0. The highest BCUT2D eigenvalue weighted by Gasteiger charge is 2.57. The number of allylic oxidation sites excluding steroid dienone is 3. The van der Waals surface area contributed by atoms with E-state index in [4.69, 9.17) is 0 Å². The van der Waals surface area contributed by atoms with E-state index in [1.165, 1.54) is 6.42 Å². The Morgan fingerprint density at radius 1 is 1.32 bits per heavy atom. The molecule has 1 N–H and O–H groups in total. The van der Waals surface area contributed by atoms with Crippen molar-refractivity contribution in [3.8, 4) is 0 Å². The van der Waals surface area contributed by atoms with Crippen molar-refractivity contribution in [2.24, 2.45) is 28.1 Å². The van der Waals surface area contributed by atoms with Gasteiger partial charge in [0, 0.05) is 0 Å². The number of rotatable bonds is 2. The molecule has 0 aromatic carbocycles. The van der Waals surface area contributed by atoms with E-state index in [1.807, 2.05) is 6.92 Å². The van der Waals surface area contributed by atoms with Gasteiger partial charge in [0.15, 0.2) is 0 Å². The molecule has 0 unspecified atom stereocenters. The third kappa shape index (κ3) is 2.10. The predicted octanol–water partition coefficient (Wildman–Crippen LogP) is 5.21. The maximum absolute atomic E-state index is 11.9. The fourth-order valence-electron chi connectivity index (χ4n) is 5.87. The lowest BCUT2D eigenvalue weighted by Crippen LogP contribution is -2.52. The van der Waals surface area contributed by atoms with Crippen LogP contribution in [-0.4, -0.2) is 11.1 Å². The van der Waals surface area contributed by atoms with E-state index in [0.29, 0.717) is 11.8 Å². The summed E-state index contributed by atoms with van der Waals surface area (Å²) >= 11 is 0. The van der Waals surface area contributed by atoms with Crippen molar-refractivity contribution >= 4 is 5.97 Å². The van der Waals surface area contributed by atoms with Gasteiger partial charge in [-0.05, 0) is 68.1 Å². The minimum Gasteiger partial charge on any atom is -0.481 e. The molecule has 3 aliphatic rings. The minimum absolute atomic E-state index is 0.0941. The van der Waals surface area contributed by atoms with E-state index in [1.54, 1.807) is 5.57 Å². The van der Waals surface area contributed by atoms with Gasteiger partial charge in [-0.2, -0.15) is 0 Å². The number of carbonyl (C=O) groups is 1. The zero-order valence-electron chi connectivity index (χ0n) is 14.3. The standard InChI is InChI=1S/C20H30O2/c1-5-18(2)12-9-15-14(13-18)7-8-16-19(15,3)10-6-11-20(16,4)17(21)22/h5,9,14,16H,1,6-8,10-13H2,2-4H3,(H,21,22)/t14-,16+,18+,19-,20-/m0/s1. The molecule has 3 aliphatic carbocycles. The van der Waals surface area contributed by atoms with Crippen LogP contribution in [0.3, 0.4) is 0 Å². The topological polar surface area (TPSA) is 37.3 Å². The molecular formula is C20H30O2. The molecule has 22 heavy (non-hydrogen) atoms. The molecule has 0 aromatic heterocycles. The molecule has 5 atom stereocenters. The van der Waals surface area contributed by atoms with Gasteiger partial charge in [0.2, 0.25) is 0 Å². The lowest BCUT2D eigenvalue weighted by atomic mass is 9.46.